The summed E-state index contributed by atoms with van der Waals surface area (Å²) in [5.41, 5.74) is -2.26. The molecule has 0 aromatic heterocycles. The predicted octanol–water partition coefficient (Wildman–Crippen LogP) is 1.39. The van der Waals surface area contributed by atoms with Gasteiger partial charge in [-0.3, -0.25) is 29.4 Å². The Hall–Kier alpha value is -2.85. The molecule has 0 unspecified atom stereocenters. The number of hydrazine groups is 1. The molecule has 0 radical (unpaired) electrons. The number of halogens is 8. The average molecular weight is 598 g/mol. The largest absolute Gasteiger partial charge is 0.471 e. The third kappa shape index (κ3) is 8.08. The zero-order chi connectivity index (χ0) is 30.1. The second-order valence-corrected chi connectivity index (χ2v) is 10.6. The van der Waals surface area contributed by atoms with Gasteiger partial charge in [-0.2, -0.15) is 26.3 Å². The van der Waals surface area contributed by atoms with E-state index in [1.54, 1.807) is 0 Å². The van der Waals surface area contributed by atoms with Gasteiger partial charge in [-0.15, -0.1) is 0 Å². The summed E-state index contributed by atoms with van der Waals surface area (Å²) in [5.74, 6) is -10.6. The number of hydrogen-bond donors (Lipinski definition) is 3. The predicted molar refractivity (Wildman–Crippen MR) is 119 cm³/mol. The minimum atomic E-state index is -5.42. The van der Waals surface area contributed by atoms with Crippen LogP contribution in [0.15, 0.2) is 0 Å². The van der Waals surface area contributed by atoms with Crippen molar-refractivity contribution in [3.8, 4) is 0 Å². The van der Waals surface area contributed by atoms with Gasteiger partial charge in [-0.1, -0.05) is 32.4 Å². The highest BCUT2D eigenvalue weighted by Crippen LogP contribution is 2.38. The highest BCUT2D eigenvalue weighted by Gasteiger charge is 2.54. The molecule has 2 heterocycles. The lowest BCUT2D eigenvalue weighted by Crippen LogP contribution is -2.61. The van der Waals surface area contributed by atoms with Gasteiger partial charge in [-0.25, -0.2) is 9.40 Å². The molecule has 0 aromatic rings. The topological polar surface area (TPSA) is 128 Å². The summed E-state index contributed by atoms with van der Waals surface area (Å²) in [4.78, 5) is 62.4. The molecule has 3 N–H and O–H groups in total. The van der Waals surface area contributed by atoms with Crippen LogP contribution in [0.5, 0.6) is 0 Å². The molecule has 2 aliphatic rings. The van der Waals surface area contributed by atoms with E-state index in [4.69, 9.17) is 11.6 Å². The number of nitrogens with zero attached hydrogens (tertiary/aromatic N) is 2. The zero-order valence-electron chi connectivity index (χ0n) is 20.9. The molecule has 5 amide bonds. The van der Waals surface area contributed by atoms with E-state index in [0.717, 1.165) is 0 Å². The van der Waals surface area contributed by atoms with Crippen molar-refractivity contribution < 1.29 is 54.7 Å². The van der Waals surface area contributed by atoms with Crippen LogP contribution in [-0.4, -0.2) is 89.1 Å². The van der Waals surface area contributed by atoms with Gasteiger partial charge in [0, 0.05) is 13.1 Å². The van der Waals surface area contributed by atoms with E-state index >= 15 is 0 Å². The Balaban J connectivity index is 2.38. The Labute approximate surface area is 222 Å². The molecule has 0 aromatic carbocycles. The summed E-state index contributed by atoms with van der Waals surface area (Å²) in [5, 5.41) is 4.22. The summed E-state index contributed by atoms with van der Waals surface area (Å²) >= 11 is 5.17. The van der Waals surface area contributed by atoms with Crippen molar-refractivity contribution in [1.29, 1.82) is 0 Å². The molecule has 0 bridgehead atoms. The zero-order valence-corrected chi connectivity index (χ0v) is 21.6. The number of nitrogens with one attached hydrogen (secondary N) is 3. The van der Waals surface area contributed by atoms with E-state index in [1.165, 1.54) is 26.1 Å². The molecule has 18 heteroatoms. The van der Waals surface area contributed by atoms with Gasteiger partial charge in [0.15, 0.2) is 0 Å². The number of carbonyl (C=O) groups excluding carboxylic acids is 5. The van der Waals surface area contributed by atoms with E-state index < -0.39 is 96.4 Å². The lowest BCUT2D eigenvalue weighted by atomic mass is 9.85. The number of carbonyl (C=O) groups is 5. The second-order valence-electron chi connectivity index (χ2n) is 10.3. The quantitative estimate of drug-likeness (QED) is 0.242. The standard InChI is InChI=1S/C21H27ClF7N5O5/c1-19(2,3)12(31-18(39)21(27,28)29)16(37)33-8-10(20(24,25)26)6-11(33)15(36)32-34(17(38)13(22)23)7-9-4-5-30-14(9)35/h9-13H,4-8H2,1-3H3,(H,30,35)(H,31,39)(H,32,36)/t9-,10+,11-,12+,13-/m0/s1. The van der Waals surface area contributed by atoms with Crippen LogP contribution in [-0.2, 0) is 24.0 Å². The SMILES string of the molecule is CC(C)(C)[C@H](NC(=O)C(F)(F)F)C(=O)N1C[C@H](C(F)(F)F)C[C@H]1C(=O)NN(C[C@@H]1CCNC1=O)C(=O)[C@H](F)Cl. The van der Waals surface area contributed by atoms with Crippen LogP contribution in [0.3, 0.4) is 0 Å². The maximum atomic E-state index is 13.6. The Morgan fingerprint density at radius 2 is 1.72 bits per heavy atom. The van der Waals surface area contributed by atoms with Gasteiger partial charge >= 0.3 is 18.3 Å². The molecule has 0 aliphatic carbocycles. The molecule has 39 heavy (non-hydrogen) atoms. The lowest BCUT2D eigenvalue weighted by molar-refractivity contribution is -0.177. The van der Waals surface area contributed by atoms with Crippen molar-refractivity contribution in [2.45, 2.75) is 63.7 Å². The number of likely N-dealkylation sites (tertiary alicyclic amines) is 1. The fourth-order valence-electron chi connectivity index (χ4n) is 4.15. The monoisotopic (exact) mass is 597 g/mol. The van der Waals surface area contributed by atoms with Gasteiger partial charge < -0.3 is 15.5 Å². The van der Waals surface area contributed by atoms with Crippen LogP contribution < -0.4 is 16.1 Å². The summed E-state index contributed by atoms with van der Waals surface area (Å²) in [6.45, 7) is 2.19. The first-order valence-electron chi connectivity index (χ1n) is 11.6. The maximum Gasteiger partial charge on any atom is 0.471 e. The highest BCUT2D eigenvalue weighted by molar-refractivity contribution is 6.29. The molecule has 2 saturated heterocycles. The molecule has 2 rings (SSSR count). The van der Waals surface area contributed by atoms with Crippen LogP contribution in [0.4, 0.5) is 30.7 Å². The normalized spacial score (nSPS) is 23.6. The Morgan fingerprint density at radius 1 is 1.13 bits per heavy atom. The van der Waals surface area contributed by atoms with Crippen molar-refractivity contribution in [2.75, 3.05) is 19.6 Å². The molecular weight excluding hydrogens is 571 g/mol. The molecule has 0 saturated carbocycles. The van der Waals surface area contributed by atoms with Crippen LogP contribution in [0.1, 0.15) is 33.6 Å². The minimum Gasteiger partial charge on any atom is -0.356 e. The van der Waals surface area contributed by atoms with E-state index in [1.807, 2.05) is 5.43 Å². The van der Waals surface area contributed by atoms with Crippen LogP contribution in [0.25, 0.3) is 0 Å². The number of amides is 5. The van der Waals surface area contributed by atoms with Crippen molar-refractivity contribution in [2.24, 2.45) is 17.3 Å². The first kappa shape index (κ1) is 32.4. The van der Waals surface area contributed by atoms with Crippen molar-refractivity contribution in [3.05, 3.63) is 0 Å². The molecule has 0 spiro atoms. The average Bonchev–Trinajstić information content (AvgIpc) is 3.41. The third-order valence-corrected chi connectivity index (χ3v) is 6.45. The second kappa shape index (κ2) is 11.7. The molecule has 2 fully saturated rings. The van der Waals surface area contributed by atoms with Crippen molar-refractivity contribution in [1.82, 2.24) is 26.0 Å². The van der Waals surface area contributed by atoms with E-state index in [-0.39, 0.29) is 13.0 Å². The Kier molecular flexibility index (Phi) is 9.72. The Bertz CT molecular complexity index is 986. The van der Waals surface area contributed by atoms with Gasteiger partial charge in [0.05, 0.1) is 18.4 Å². The first-order chi connectivity index (χ1) is 17.6. The fraction of sp³-hybridized carbons (Fsp3) is 0.762. The van der Waals surface area contributed by atoms with Crippen LogP contribution >= 0.6 is 11.6 Å². The highest BCUT2D eigenvalue weighted by atomic mass is 35.5. The molecule has 222 valence electrons. The maximum absolute atomic E-state index is 13.6. The van der Waals surface area contributed by atoms with Crippen molar-refractivity contribution >= 4 is 41.1 Å². The summed E-state index contributed by atoms with van der Waals surface area (Å²) in [6.07, 6.45) is -11.2. The molecule has 5 atom stereocenters. The van der Waals surface area contributed by atoms with Crippen LogP contribution in [0, 0.1) is 17.3 Å². The number of rotatable bonds is 6. The first-order valence-corrected chi connectivity index (χ1v) is 12.0. The summed E-state index contributed by atoms with van der Waals surface area (Å²) in [6, 6.07) is -4.00. The van der Waals surface area contributed by atoms with E-state index in [0.29, 0.717) is 9.91 Å². The third-order valence-electron chi connectivity index (χ3n) is 6.26. The Morgan fingerprint density at radius 3 is 2.15 bits per heavy atom. The summed E-state index contributed by atoms with van der Waals surface area (Å²) in [7, 11) is 0. The lowest BCUT2D eigenvalue weighted by Gasteiger charge is -2.36. The minimum absolute atomic E-state index is 0.175. The molecule has 2 aliphatic heterocycles. The molecular formula is C21H27ClF7N5O5. The van der Waals surface area contributed by atoms with E-state index in [9.17, 15) is 54.7 Å². The fourth-order valence-corrected chi connectivity index (χ4v) is 4.27. The number of hydrogen-bond acceptors (Lipinski definition) is 5. The van der Waals surface area contributed by atoms with Gasteiger partial charge in [0.1, 0.15) is 12.1 Å². The molecule has 10 nitrogen and oxygen atoms in total. The van der Waals surface area contributed by atoms with Gasteiger partial charge in [-0.05, 0) is 18.3 Å². The van der Waals surface area contributed by atoms with Crippen molar-refractivity contribution in [3.63, 3.8) is 0 Å². The number of alkyl halides is 8. The smallest absolute Gasteiger partial charge is 0.356 e. The van der Waals surface area contributed by atoms with E-state index in [2.05, 4.69) is 5.32 Å². The van der Waals surface area contributed by atoms with Gasteiger partial charge in [0.2, 0.25) is 11.8 Å². The van der Waals surface area contributed by atoms with Gasteiger partial charge in [0.25, 0.3) is 17.4 Å². The van der Waals surface area contributed by atoms with Crippen LogP contribution in [0.2, 0.25) is 0 Å². The summed E-state index contributed by atoms with van der Waals surface area (Å²) < 4.78 is 93.0.